The Morgan fingerprint density at radius 1 is 1.71 bits per heavy atom. The number of ether oxygens (including phenoxy) is 1. The molecule has 0 aliphatic heterocycles. The van der Waals surface area contributed by atoms with Gasteiger partial charge in [-0.05, 0) is 23.2 Å². The number of methoxy groups -OCH3 is 1. The van der Waals surface area contributed by atoms with Crippen LogP contribution in [0.3, 0.4) is 0 Å². The number of nitrogens with two attached hydrogens (primary N) is 1. The highest BCUT2D eigenvalue weighted by atomic mass is 35.5. The Morgan fingerprint density at radius 3 is 2.64 bits per heavy atom. The highest BCUT2D eigenvalue weighted by molar-refractivity contribution is 6.63. The van der Waals surface area contributed by atoms with E-state index in [1.165, 1.54) is 7.11 Å². The van der Waals surface area contributed by atoms with Crippen molar-refractivity contribution in [1.82, 2.24) is 4.98 Å². The van der Waals surface area contributed by atoms with Crippen LogP contribution in [-0.2, 0) is 16.1 Å². The van der Waals surface area contributed by atoms with E-state index in [0.717, 1.165) is 5.56 Å². The Bertz CT molecular complexity index is 254. The zero-order chi connectivity index (χ0) is 10.8. The van der Waals surface area contributed by atoms with Crippen LogP contribution < -0.4 is 5.73 Å². The fourth-order valence-electron chi connectivity index (χ4n) is 0.632. The van der Waals surface area contributed by atoms with Crippen molar-refractivity contribution in [1.29, 1.82) is 0 Å². The Kier molecular flexibility index (Phi) is 8.02. The molecule has 14 heavy (non-hydrogen) atoms. The summed E-state index contributed by atoms with van der Waals surface area (Å²) in [5.41, 5.74) is 6.39. The van der Waals surface area contributed by atoms with E-state index in [9.17, 15) is 4.79 Å². The molecule has 4 nitrogen and oxygen atoms in total. The van der Waals surface area contributed by atoms with Crippen LogP contribution in [0.25, 0.3) is 0 Å². The van der Waals surface area contributed by atoms with Gasteiger partial charge in [-0.3, -0.25) is 9.78 Å². The van der Waals surface area contributed by atoms with Crippen molar-refractivity contribution in [2.24, 2.45) is 5.73 Å². The predicted molar refractivity (Wildman–Crippen MR) is 54.9 cm³/mol. The second-order valence-electron chi connectivity index (χ2n) is 2.35. The average Bonchev–Trinajstić information content (AvgIpc) is 2.20. The van der Waals surface area contributed by atoms with Gasteiger partial charge in [-0.15, -0.1) is 0 Å². The van der Waals surface area contributed by atoms with Crippen LogP contribution in [0, 0.1) is 0 Å². The van der Waals surface area contributed by atoms with Gasteiger partial charge in [0.05, 0.1) is 0 Å². The van der Waals surface area contributed by atoms with Crippen LogP contribution in [0.5, 0.6) is 0 Å². The van der Waals surface area contributed by atoms with Crippen molar-refractivity contribution in [3.8, 4) is 0 Å². The van der Waals surface area contributed by atoms with E-state index in [1.54, 1.807) is 12.4 Å². The van der Waals surface area contributed by atoms with Gasteiger partial charge in [0.2, 0.25) is 5.24 Å². The summed E-state index contributed by atoms with van der Waals surface area (Å²) in [6.45, 7) is 0.579. The van der Waals surface area contributed by atoms with Gasteiger partial charge in [0.15, 0.2) is 0 Å². The number of pyridine rings is 1. The fraction of sp³-hybridized carbons (Fsp3) is 0.333. The highest BCUT2D eigenvalue weighted by Gasteiger charge is 1.87. The molecule has 0 radical (unpaired) electrons. The lowest BCUT2D eigenvalue weighted by atomic mass is 10.3. The molecule has 5 heteroatoms. The van der Waals surface area contributed by atoms with Crippen molar-refractivity contribution in [3.63, 3.8) is 0 Å². The highest BCUT2D eigenvalue weighted by Crippen LogP contribution is 1.90. The van der Waals surface area contributed by atoms with E-state index < -0.39 is 5.24 Å². The van der Waals surface area contributed by atoms with Crippen molar-refractivity contribution >= 4 is 16.8 Å². The van der Waals surface area contributed by atoms with E-state index in [0.29, 0.717) is 6.54 Å². The summed E-state index contributed by atoms with van der Waals surface area (Å²) in [7, 11) is 1.42. The Hall–Kier alpha value is -0.970. The lowest BCUT2D eigenvalue weighted by Crippen LogP contribution is -1.95. The molecular weight excluding hydrogens is 204 g/mol. The van der Waals surface area contributed by atoms with E-state index >= 15 is 0 Å². The van der Waals surface area contributed by atoms with E-state index in [1.807, 2.05) is 12.1 Å². The SMILES string of the molecule is COCC(=O)Cl.NCc1cccnc1. The van der Waals surface area contributed by atoms with Crippen LogP contribution in [-0.4, -0.2) is 23.9 Å². The zero-order valence-electron chi connectivity index (χ0n) is 7.94. The molecule has 0 unspecified atom stereocenters. The summed E-state index contributed by atoms with van der Waals surface area (Å²) in [5, 5.41) is -0.461. The summed E-state index contributed by atoms with van der Waals surface area (Å²) >= 11 is 4.81. The van der Waals surface area contributed by atoms with Gasteiger partial charge in [0, 0.05) is 26.0 Å². The molecule has 0 bridgehead atoms. The molecule has 0 atom stereocenters. The molecule has 0 aliphatic rings. The van der Waals surface area contributed by atoms with Gasteiger partial charge in [-0.2, -0.15) is 0 Å². The van der Waals surface area contributed by atoms with Crippen LogP contribution >= 0.6 is 11.6 Å². The average molecular weight is 217 g/mol. The molecule has 0 saturated heterocycles. The van der Waals surface area contributed by atoms with Gasteiger partial charge >= 0.3 is 0 Å². The monoisotopic (exact) mass is 216 g/mol. The maximum absolute atomic E-state index is 9.68. The number of halogens is 1. The number of hydrogen-bond donors (Lipinski definition) is 1. The summed E-state index contributed by atoms with van der Waals surface area (Å²) < 4.78 is 4.32. The van der Waals surface area contributed by atoms with Crippen LogP contribution in [0.2, 0.25) is 0 Å². The standard InChI is InChI=1S/C6H8N2.C3H5ClO2/c7-4-6-2-1-3-8-5-6;1-6-2-3(4)5/h1-3,5H,4,7H2;2H2,1H3. The lowest BCUT2D eigenvalue weighted by Gasteiger charge is -1.89. The van der Waals surface area contributed by atoms with Gasteiger partial charge in [0.25, 0.3) is 0 Å². The second-order valence-corrected chi connectivity index (χ2v) is 2.78. The third-order valence-electron chi connectivity index (χ3n) is 1.22. The normalized spacial score (nSPS) is 8.79. The van der Waals surface area contributed by atoms with E-state index in [-0.39, 0.29) is 6.61 Å². The van der Waals surface area contributed by atoms with Crippen LogP contribution in [0.1, 0.15) is 5.56 Å². The number of rotatable bonds is 3. The number of carbonyl (C=O) groups is 1. The minimum atomic E-state index is -0.461. The maximum Gasteiger partial charge on any atom is 0.247 e. The van der Waals surface area contributed by atoms with Crippen molar-refractivity contribution in [3.05, 3.63) is 30.1 Å². The summed E-state index contributed by atoms with van der Waals surface area (Å²) in [6.07, 6.45) is 3.50. The van der Waals surface area contributed by atoms with Gasteiger partial charge in [-0.25, -0.2) is 0 Å². The first-order chi connectivity index (χ1) is 6.70. The quantitative estimate of drug-likeness (QED) is 0.764. The van der Waals surface area contributed by atoms with Gasteiger partial charge < -0.3 is 10.5 Å². The van der Waals surface area contributed by atoms with Crippen LogP contribution in [0.4, 0.5) is 0 Å². The molecule has 0 amide bonds. The molecule has 0 aromatic carbocycles. The topological polar surface area (TPSA) is 65.2 Å². The molecule has 1 aromatic rings. The largest absolute Gasteiger partial charge is 0.376 e. The molecular formula is C9H13ClN2O2. The van der Waals surface area contributed by atoms with Gasteiger partial charge in [0.1, 0.15) is 6.61 Å². The molecule has 2 N–H and O–H groups in total. The summed E-state index contributed by atoms with van der Waals surface area (Å²) in [6, 6.07) is 3.83. The first-order valence-electron chi connectivity index (χ1n) is 3.97. The van der Waals surface area contributed by atoms with Crippen molar-refractivity contribution < 1.29 is 9.53 Å². The number of aromatic nitrogens is 1. The molecule has 0 aliphatic carbocycles. The van der Waals surface area contributed by atoms with Crippen LogP contribution in [0.15, 0.2) is 24.5 Å². The Morgan fingerprint density at radius 2 is 2.43 bits per heavy atom. The second kappa shape index (κ2) is 8.62. The molecule has 1 aromatic heterocycles. The van der Waals surface area contributed by atoms with Gasteiger partial charge in [-0.1, -0.05) is 6.07 Å². The minimum Gasteiger partial charge on any atom is -0.376 e. The molecule has 0 fully saturated rings. The molecule has 0 spiro atoms. The van der Waals surface area contributed by atoms with E-state index in [4.69, 9.17) is 17.3 Å². The Labute approximate surface area is 88.0 Å². The zero-order valence-corrected chi connectivity index (χ0v) is 8.70. The van der Waals surface area contributed by atoms with E-state index in [2.05, 4.69) is 9.72 Å². The Balaban J connectivity index is 0.000000255. The molecule has 1 heterocycles. The molecule has 78 valence electrons. The van der Waals surface area contributed by atoms with Crippen molar-refractivity contribution in [2.75, 3.05) is 13.7 Å². The van der Waals surface area contributed by atoms with Crippen molar-refractivity contribution in [2.45, 2.75) is 6.54 Å². The first-order valence-corrected chi connectivity index (χ1v) is 4.34. The number of carbonyl (C=O) groups excluding carboxylic acids is 1. The minimum absolute atomic E-state index is 0.00154. The third kappa shape index (κ3) is 7.67. The molecule has 0 saturated carbocycles. The predicted octanol–water partition coefficient (Wildman–Crippen LogP) is 0.939. The lowest BCUT2D eigenvalue weighted by molar-refractivity contribution is -0.114. The fourth-order valence-corrected chi connectivity index (χ4v) is 0.741. The maximum atomic E-state index is 9.68. The smallest absolute Gasteiger partial charge is 0.247 e. The summed E-state index contributed by atoms with van der Waals surface area (Å²) in [4.78, 5) is 13.6. The summed E-state index contributed by atoms with van der Waals surface area (Å²) in [5.74, 6) is 0. The molecule has 1 rings (SSSR count). The number of hydrogen-bond acceptors (Lipinski definition) is 4. The third-order valence-corrected chi connectivity index (χ3v) is 1.33. The first kappa shape index (κ1) is 13.0. The number of nitrogens with zero attached hydrogens (tertiary/aromatic N) is 1.